The number of hydrogen-bond donors (Lipinski definition) is 1. The molecule has 0 bridgehead atoms. The Balaban J connectivity index is 1.57. The maximum absolute atomic E-state index is 6.37. The Morgan fingerprint density at radius 3 is 2.64 bits per heavy atom. The summed E-state index contributed by atoms with van der Waals surface area (Å²) < 4.78 is 1.92. The van der Waals surface area contributed by atoms with E-state index < -0.39 is 0 Å². The number of imidazole rings is 1. The van der Waals surface area contributed by atoms with Crippen LogP contribution in [0.5, 0.6) is 0 Å². The van der Waals surface area contributed by atoms with E-state index in [2.05, 4.69) is 51.4 Å². The van der Waals surface area contributed by atoms with Crippen molar-refractivity contribution in [3.8, 4) is 11.4 Å². The molecule has 0 aliphatic carbocycles. The second kappa shape index (κ2) is 7.96. The van der Waals surface area contributed by atoms with Crippen molar-refractivity contribution < 1.29 is 0 Å². The molecule has 6 nitrogen and oxygen atoms in total. The van der Waals surface area contributed by atoms with Gasteiger partial charge in [0.05, 0.1) is 5.69 Å². The van der Waals surface area contributed by atoms with E-state index in [1.165, 1.54) is 5.56 Å². The van der Waals surface area contributed by atoms with Gasteiger partial charge < -0.3 is 10.2 Å². The van der Waals surface area contributed by atoms with Crippen LogP contribution in [0.2, 0.25) is 5.15 Å². The zero-order valence-electron chi connectivity index (χ0n) is 15.8. The largest absolute Gasteiger partial charge is 0.324 e. The summed E-state index contributed by atoms with van der Waals surface area (Å²) in [7, 11) is 4.16. The van der Waals surface area contributed by atoms with Gasteiger partial charge in [-0.05, 0) is 56.4 Å². The van der Waals surface area contributed by atoms with E-state index in [1.54, 1.807) is 6.20 Å². The molecule has 4 rings (SSSR count). The van der Waals surface area contributed by atoms with Gasteiger partial charge in [-0.1, -0.05) is 29.8 Å². The summed E-state index contributed by atoms with van der Waals surface area (Å²) >= 11 is 6.37. The number of anilines is 2. The zero-order chi connectivity index (χ0) is 19.5. The molecule has 142 valence electrons. The van der Waals surface area contributed by atoms with E-state index in [-0.39, 0.29) is 0 Å². The lowest BCUT2D eigenvalue weighted by atomic mass is 10.1. The lowest BCUT2D eigenvalue weighted by molar-refractivity contribution is 0.413. The van der Waals surface area contributed by atoms with Crippen molar-refractivity contribution in [3.05, 3.63) is 71.6 Å². The lowest BCUT2D eigenvalue weighted by Crippen LogP contribution is -2.14. The van der Waals surface area contributed by atoms with Gasteiger partial charge in [-0.15, -0.1) is 0 Å². The molecule has 0 atom stereocenters. The Hall–Kier alpha value is -2.96. The van der Waals surface area contributed by atoms with Crippen LogP contribution in [0.1, 0.15) is 5.56 Å². The van der Waals surface area contributed by atoms with Gasteiger partial charge in [-0.2, -0.15) is 0 Å². The molecule has 0 saturated carbocycles. The first-order chi connectivity index (χ1) is 13.6. The van der Waals surface area contributed by atoms with Gasteiger partial charge in [0.1, 0.15) is 11.3 Å². The van der Waals surface area contributed by atoms with E-state index in [0.717, 1.165) is 30.0 Å². The van der Waals surface area contributed by atoms with E-state index in [4.69, 9.17) is 11.6 Å². The van der Waals surface area contributed by atoms with Gasteiger partial charge in [-0.25, -0.2) is 15.0 Å². The van der Waals surface area contributed by atoms with E-state index in [9.17, 15) is 0 Å². The monoisotopic (exact) mass is 392 g/mol. The molecule has 1 N–H and O–H groups in total. The average Bonchev–Trinajstić information content (AvgIpc) is 3.03. The molecule has 1 aromatic carbocycles. The molecule has 0 amide bonds. The third-order valence-corrected chi connectivity index (χ3v) is 4.71. The van der Waals surface area contributed by atoms with Crippen LogP contribution >= 0.6 is 11.6 Å². The lowest BCUT2D eigenvalue weighted by Gasteiger charge is -2.10. The maximum atomic E-state index is 6.37. The van der Waals surface area contributed by atoms with Crippen LogP contribution in [0, 0.1) is 0 Å². The summed E-state index contributed by atoms with van der Waals surface area (Å²) in [5.41, 5.74) is 4.48. The van der Waals surface area contributed by atoms with Crippen molar-refractivity contribution in [3.63, 3.8) is 0 Å². The molecule has 7 heteroatoms. The number of fused-ring (bicyclic) bond motifs is 1. The Morgan fingerprint density at radius 2 is 1.86 bits per heavy atom. The van der Waals surface area contributed by atoms with Crippen LogP contribution < -0.4 is 5.32 Å². The number of nitrogens with one attached hydrogen (secondary N) is 1. The van der Waals surface area contributed by atoms with Crippen LogP contribution in [0.15, 0.2) is 60.9 Å². The third kappa shape index (κ3) is 3.98. The zero-order valence-corrected chi connectivity index (χ0v) is 16.6. The second-order valence-corrected chi connectivity index (χ2v) is 7.18. The van der Waals surface area contributed by atoms with Gasteiger partial charge >= 0.3 is 0 Å². The minimum atomic E-state index is 0.418. The van der Waals surface area contributed by atoms with Gasteiger partial charge in [0.15, 0.2) is 5.15 Å². The van der Waals surface area contributed by atoms with Crippen LogP contribution in [0.4, 0.5) is 11.6 Å². The highest BCUT2D eigenvalue weighted by molar-refractivity contribution is 6.32. The molecule has 28 heavy (non-hydrogen) atoms. The number of pyridine rings is 1. The maximum Gasteiger partial charge on any atom is 0.227 e. The molecule has 3 aromatic heterocycles. The fourth-order valence-corrected chi connectivity index (χ4v) is 3.26. The summed E-state index contributed by atoms with van der Waals surface area (Å²) in [6.45, 7) is 1.03. The Labute approximate surface area is 168 Å². The smallest absolute Gasteiger partial charge is 0.227 e. The Morgan fingerprint density at radius 1 is 1.04 bits per heavy atom. The number of halogens is 1. The molecule has 0 aliphatic rings. The number of rotatable bonds is 6. The number of likely N-dealkylation sites (N-methyl/N-ethyl adjacent to an activating group) is 1. The number of benzene rings is 1. The van der Waals surface area contributed by atoms with Crippen molar-refractivity contribution >= 4 is 28.9 Å². The Kier molecular flexibility index (Phi) is 5.23. The molecular formula is C21H21ClN6. The fraction of sp³-hybridized carbons (Fsp3) is 0.190. The van der Waals surface area contributed by atoms with Gasteiger partial charge in [-0.3, -0.25) is 4.40 Å². The van der Waals surface area contributed by atoms with Crippen molar-refractivity contribution in [2.45, 2.75) is 6.42 Å². The highest BCUT2D eigenvalue weighted by Crippen LogP contribution is 2.28. The first kappa shape index (κ1) is 18.4. The quantitative estimate of drug-likeness (QED) is 0.530. The number of hydrogen-bond acceptors (Lipinski definition) is 5. The molecule has 0 spiro atoms. The number of aromatic nitrogens is 4. The third-order valence-electron chi connectivity index (χ3n) is 4.44. The van der Waals surface area contributed by atoms with E-state index in [1.807, 2.05) is 47.0 Å². The summed E-state index contributed by atoms with van der Waals surface area (Å²) in [4.78, 5) is 15.5. The van der Waals surface area contributed by atoms with Crippen molar-refractivity contribution in [1.29, 1.82) is 0 Å². The summed E-state index contributed by atoms with van der Waals surface area (Å²) in [6.07, 6.45) is 4.66. The molecular weight excluding hydrogens is 372 g/mol. The van der Waals surface area contributed by atoms with Gasteiger partial charge in [0.2, 0.25) is 5.95 Å². The fourth-order valence-electron chi connectivity index (χ4n) is 2.98. The molecule has 0 unspecified atom stereocenters. The van der Waals surface area contributed by atoms with E-state index >= 15 is 0 Å². The summed E-state index contributed by atoms with van der Waals surface area (Å²) in [5.74, 6) is 0.514. The molecule has 0 radical (unpaired) electrons. The van der Waals surface area contributed by atoms with Gasteiger partial charge in [0.25, 0.3) is 0 Å². The molecule has 3 heterocycles. The predicted octanol–water partition coefficient (Wildman–Crippen LogP) is 4.29. The van der Waals surface area contributed by atoms with Crippen LogP contribution in [-0.4, -0.2) is 44.9 Å². The van der Waals surface area contributed by atoms with Crippen LogP contribution in [-0.2, 0) is 6.42 Å². The first-order valence-corrected chi connectivity index (χ1v) is 9.44. The van der Waals surface area contributed by atoms with Crippen molar-refractivity contribution in [2.75, 3.05) is 26.0 Å². The minimum absolute atomic E-state index is 0.418. The van der Waals surface area contributed by atoms with Crippen LogP contribution in [0.25, 0.3) is 17.0 Å². The molecule has 0 aliphatic heterocycles. The number of nitrogens with zero attached hydrogens (tertiary/aromatic N) is 5. The predicted molar refractivity (Wildman–Crippen MR) is 113 cm³/mol. The first-order valence-electron chi connectivity index (χ1n) is 9.07. The van der Waals surface area contributed by atoms with Crippen molar-refractivity contribution in [1.82, 2.24) is 24.3 Å². The molecule has 4 aromatic rings. The molecule has 0 saturated heterocycles. The summed E-state index contributed by atoms with van der Waals surface area (Å²) in [5, 5.41) is 3.68. The highest BCUT2D eigenvalue weighted by Gasteiger charge is 2.14. The van der Waals surface area contributed by atoms with Crippen molar-refractivity contribution in [2.24, 2.45) is 0 Å². The van der Waals surface area contributed by atoms with Crippen LogP contribution in [0.3, 0.4) is 0 Å². The Bertz CT molecular complexity index is 1090. The topological polar surface area (TPSA) is 58.3 Å². The second-order valence-electron chi connectivity index (χ2n) is 6.82. The standard InChI is InChI=1S/C21H21ClN6/c1-27(2)14-11-15-6-8-16(9-7-15)24-21-23-12-10-17(25-21)19-20(22)26-18-5-3-4-13-28(18)19/h3-10,12-13H,11,14H2,1-2H3,(H,23,24,25). The highest BCUT2D eigenvalue weighted by atomic mass is 35.5. The average molecular weight is 393 g/mol. The SMILES string of the molecule is CN(C)CCc1ccc(Nc2nccc(-c3c(Cl)nc4ccccn34)n2)cc1. The normalized spacial score (nSPS) is 11.3. The molecule has 0 fully saturated rings. The minimum Gasteiger partial charge on any atom is -0.324 e. The summed E-state index contributed by atoms with van der Waals surface area (Å²) in [6, 6.07) is 15.9. The van der Waals surface area contributed by atoms with E-state index in [0.29, 0.717) is 16.8 Å². The van der Waals surface area contributed by atoms with Gasteiger partial charge in [0, 0.05) is 24.6 Å².